The average Bonchev–Trinajstić information content (AvgIpc) is 1.27. The molecular weight excluding hydrogens is 103 g/mol. The summed E-state index contributed by atoms with van der Waals surface area (Å²) >= 11 is 0. The van der Waals surface area contributed by atoms with Crippen LogP contribution in [-0.4, -0.2) is 5.29 Å². The Morgan fingerprint density at radius 1 is 1.29 bits per heavy atom. The van der Waals surface area contributed by atoms with E-state index in [-0.39, 0.29) is 0 Å². The van der Waals surface area contributed by atoms with Gasteiger partial charge in [0.05, 0.1) is 0 Å². The molecule has 0 rings (SSSR count). The van der Waals surface area contributed by atoms with Crippen molar-refractivity contribution in [3.63, 3.8) is 0 Å². The minimum Gasteiger partial charge on any atom is -0.0915 e. The molecule has 0 aliphatic carbocycles. The lowest BCUT2D eigenvalue weighted by molar-refractivity contribution is 1.73. The van der Waals surface area contributed by atoms with Gasteiger partial charge in [0.1, 0.15) is 0 Å². The van der Waals surface area contributed by atoms with E-state index in [1.807, 2.05) is 6.92 Å². The van der Waals surface area contributed by atoms with Crippen LogP contribution in [0.25, 0.3) is 0 Å². The van der Waals surface area contributed by atoms with Gasteiger partial charge in [0.15, 0.2) is 0 Å². The highest BCUT2D eigenvalue weighted by Gasteiger charge is 1.74. The third-order valence-corrected chi connectivity index (χ3v) is 1.24. The Labute approximate surface area is 47.0 Å². The van der Waals surface area contributed by atoms with Crippen molar-refractivity contribution in [3.05, 3.63) is 11.9 Å². The summed E-state index contributed by atoms with van der Waals surface area (Å²) in [5.74, 6) is 0. The molecule has 0 aliphatic rings. The second-order valence-electron chi connectivity index (χ2n) is 1.79. The zero-order valence-electron chi connectivity index (χ0n) is 5.15. The van der Waals surface area contributed by atoms with E-state index >= 15 is 0 Å². The molecule has 0 atom stereocenters. The Bertz CT molecular complexity index is 96.7. The highest BCUT2D eigenvalue weighted by Crippen LogP contribution is 2.09. The first kappa shape index (κ1) is 6.91. The lowest BCUT2D eigenvalue weighted by Gasteiger charge is -1.84. The lowest BCUT2D eigenvalue weighted by atomic mass is 10.6. The predicted octanol–water partition coefficient (Wildman–Crippen LogP) is 2.68. The van der Waals surface area contributed by atoms with Gasteiger partial charge in [-0.15, -0.1) is 0 Å². The molecule has 40 valence electrons. The van der Waals surface area contributed by atoms with E-state index in [1.54, 1.807) is 0 Å². The normalized spacial score (nSPS) is 9.00. The molecular formula is C6H11P. The van der Waals surface area contributed by atoms with Gasteiger partial charge in [-0.25, -0.2) is 0 Å². The van der Waals surface area contributed by atoms with Gasteiger partial charge in [-0.1, -0.05) is 14.8 Å². The van der Waals surface area contributed by atoms with E-state index in [9.17, 15) is 0 Å². The number of hydrogen-bond donors (Lipinski definition) is 0. The second kappa shape index (κ2) is 2.98. The van der Waals surface area contributed by atoms with Crippen LogP contribution in [0.4, 0.5) is 0 Å². The van der Waals surface area contributed by atoms with Crippen LogP contribution < -0.4 is 0 Å². The molecule has 0 amide bonds. The molecule has 0 bridgehead atoms. The first-order valence-corrected chi connectivity index (χ1v) is 3.20. The van der Waals surface area contributed by atoms with Gasteiger partial charge >= 0.3 is 0 Å². The monoisotopic (exact) mass is 114 g/mol. The molecule has 0 aromatic heterocycles. The maximum Gasteiger partial charge on any atom is -0.0310 e. The Morgan fingerprint density at radius 3 is 1.71 bits per heavy atom. The zero-order chi connectivity index (χ0) is 5.86. The summed E-state index contributed by atoms with van der Waals surface area (Å²) in [5, 5.41) is 2.63. The molecule has 0 unspecified atom stereocenters. The zero-order valence-corrected chi connectivity index (χ0v) is 6.05. The average molecular weight is 114 g/mol. The molecule has 1 heteroatoms. The van der Waals surface area contributed by atoms with Gasteiger partial charge in [-0.05, 0) is 31.4 Å². The van der Waals surface area contributed by atoms with Gasteiger partial charge in [-0.2, -0.15) is 0 Å². The van der Waals surface area contributed by atoms with Crippen LogP contribution in [0.1, 0.15) is 20.8 Å². The number of allylic oxidation sites excluding steroid dienone is 1. The summed E-state index contributed by atoms with van der Waals surface area (Å²) in [5.41, 5.74) is 0. The van der Waals surface area contributed by atoms with Crippen LogP contribution in [-0.2, 0) is 0 Å². The fraction of sp³-hybridized carbons (Fsp3) is 0.500. The topological polar surface area (TPSA) is 0 Å². The van der Waals surface area contributed by atoms with Gasteiger partial charge < -0.3 is 0 Å². The van der Waals surface area contributed by atoms with E-state index in [0.29, 0.717) is 0 Å². The van der Waals surface area contributed by atoms with Crippen LogP contribution in [0.2, 0.25) is 0 Å². The van der Waals surface area contributed by atoms with Gasteiger partial charge in [-0.3, -0.25) is 0 Å². The molecule has 0 saturated heterocycles. The summed E-state index contributed by atoms with van der Waals surface area (Å²) in [6.07, 6.45) is 0. The maximum absolute atomic E-state index is 3.76. The molecule has 0 heterocycles. The van der Waals surface area contributed by atoms with Gasteiger partial charge in [0.2, 0.25) is 0 Å². The quantitative estimate of drug-likeness (QED) is 0.460. The van der Waals surface area contributed by atoms with Crippen LogP contribution in [0, 0.1) is 0 Å². The summed E-state index contributed by atoms with van der Waals surface area (Å²) in [7, 11) is 1.30. The molecule has 0 nitrogen and oxygen atoms in total. The van der Waals surface area contributed by atoms with E-state index in [4.69, 9.17) is 0 Å². The number of rotatable bonds is 1. The Balaban J connectivity index is 3.68. The summed E-state index contributed by atoms with van der Waals surface area (Å²) in [4.78, 5) is 0. The Hall–Kier alpha value is -0.0900. The first-order chi connectivity index (χ1) is 3.13. The van der Waals surface area contributed by atoms with Gasteiger partial charge in [0, 0.05) is 0 Å². The molecule has 0 aliphatic heterocycles. The van der Waals surface area contributed by atoms with Crippen molar-refractivity contribution >= 4 is 13.5 Å². The molecule has 0 N–H and O–H groups in total. The Kier molecular flexibility index (Phi) is 2.95. The molecule has 0 fully saturated rings. The van der Waals surface area contributed by atoms with E-state index in [2.05, 4.69) is 20.4 Å². The van der Waals surface area contributed by atoms with E-state index < -0.39 is 0 Å². The minimum absolute atomic E-state index is 1.22. The maximum atomic E-state index is 3.76. The van der Waals surface area contributed by atoms with Crippen molar-refractivity contribution in [3.8, 4) is 0 Å². The van der Waals surface area contributed by atoms with Crippen LogP contribution in [0.5, 0.6) is 0 Å². The highest BCUT2D eigenvalue weighted by molar-refractivity contribution is 7.44. The predicted molar refractivity (Wildman–Crippen MR) is 38.1 cm³/mol. The van der Waals surface area contributed by atoms with Crippen LogP contribution >= 0.6 is 8.20 Å². The van der Waals surface area contributed by atoms with Crippen molar-refractivity contribution < 1.29 is 0 Å². The van der Waals surface area contributed by atoms with Gasteiger partial charge in [0.25, 0.3) is 0 Å². The summed E-state index contributed by atoms with van der Waals surface area (Å²) in [6.45, 7) is 10.0. The molecule has 0 spiro atoms. The fourth-order valence-corrected chi connectivity index (χ4v) is 1.15. The van der Waals surface area contributed by atoms with E-state index in [0.717, 1.165) is 0 Å². The molecule has 7 heavy (non-hydrogen) atoms. The molecule has 0 aromatic carbocycles. The van der Waals surface area contributed by atoms with Crippen molar-refractivity contribution in [2.75, 3.05) is 0 Å². The van der Waals surface area contributed by atoms with Crippen molar-refractivity contribution in [2.24, 2.45) is 0 Å². The fourth-order valence-electron chi connectivity index (χ4n) is 0.382. The third-order valence-electron chi connectivity index (χ3n) is 0.414. The van der Waals surface area contributed by atoms with Crippen molar-refractivity contribution in [1.82, 2.24) is 0 Å². The van der Waals surface area contributed by atoms with Crippen molar-refractivity contribution in [1.29, 1.82) is 0 Å². The largest absolute Gasteiger partial charge is 0.0915 e. The smallest absolute Gasteiger partial charge is 0.0310 e. The molecule has 0 radical (unpaired) electrons. The van der Waals surface area contributed by atoms with E-state index in [1.165, 1.54) is 18.8 Å². The molecule has 0 saturated carbocycles. The number of hydrogen-bond acceptors (Lipinski definition) is 0. The minimum atomic E-state index is 1.22. The van der Waals surface area contributed by atoms with Crippen LogP contribution in [0.15, 0.2) is 11.9 Å². The van der Waals surface area contributed by atoms with Crippen LogP contribution in [0.3, 0.4) is 0 Å². The molecule has 0 aromatic rings. The lowest BCUT2D eigenvalue weighted by Crippen LogP contribution is -1.69. The van der Waals surface area contributed by atoms with Crippen molar-refractivity contribution in [2.45, 2.75) is 20.8 Å². The summed E-state index contributed by atoms with van der Waals surface area (Å²) in [6, 6.07) is 0. The Morgan fingerprint density at radius 2 is 1.71 bits per heavy atom. The highest BCUT2D eigenvalue weighted by atomic mass is 31.1. The second-order valence-corrected chi connectivity index (χ2v) is 3.68. The summed E-state index contributed by atoms with van der Waals surface area (Å²) < 4.78 is 0. The standard InChI is InChI=1S/C6H11P/c1-5(2)7-6(3)4/h1H2,2-4H3. The first-order valence-electron chi connectivity index (χ1n) is 2.30. The SMILES string of the molecule is C=C(C)P=C(C)C. The third kappa shape index (κ3) is 5.91.